The van der Waals surface area contributed by atoms with Crippen molar-refractivity contribution in [3.63, 3.8) is 0 Å². The first kappa shape index (κ1) is 12.8. The van der Waals surface area contributed by atoms with Crippen molar-refractivity contribution in [2.45, 2.75) is 43.8 Å². The Balaban J connectivity index is 1.71. The lowest BCUT2D eigenvalue weighted by Gasteiger charge is -2.31. The summed E-state index contributed by atoms with van der Waals surface area (Å²) in [6, 6.07) is 8.31. The second kappa shape index (κ2) is 4.56. The molecule has 2 aliphatic carbocycles. The highest BCUT2D eigenvalue weighted by atomic mass is 16.4. The molecule has 2 N–H and O–H groups in total. The molecule has 0 bridgehead atoms. The maximum atomic E-state index is 12.0. The molecule has 1 aromatic heterocycles. The van der Waals surface area contributed by atoms with Crippen LogP contribution in [0.2, 0.25) is 0 Å². The number of carboxylic acids is 1. The number of hydrogen-bond acceptors (Lipinski definition) is 3. The van der Waals surface area contributed by atoms with Crippen LogP contribution in [-0.4, -0.2) is 32.4 Å². The van der Waals surface area contributed by atoms with Gasteiger partial charge in [-0.1, -0.05) is 18.2 Å². The number of rotatable bonds is 6. The fraction of sp³-hybridized carbons (Fsp3) is 0.500. The SMILES string of the molecule is O=C(O)C(Cn1ncc2ccccc21)(NC1CC1)C1CC1. The van der Waals surface area contributed by atoms with Crippen LogP contribution in [0.1, 0.15) is 25.7 Å². The number of aromatic nitrogens is 2. The zero-order valence-electron chi connectivity index (χ0n) is 11.8. The predicted molar refractivity (Wildman–Crippen MR) is 79.0 cm³/mol. The van der Waals surface area contributed by atoms with Gasteiger partial charge in [-0.25, -0.2) is 0 Å². The van der Waals surface area contributed by atoms with Crippen molar-refractivity contribution in [1.82, 2.24) is 15.1 Å². The first-order valence-corrected chi connectivity index (χ1v) is 7.61. The molecule has 1 heterocycles. The van der Waals surface area contributed by atoms with Crippen LogP contribution in [-0.2, 0) is 11.3 Å². The minimum atomic E-state index is -0.865. The highest BCUT2D eigenvalue weighted by Crippen LogP contribution is 2.43. The Bertz CT molecular complexity index is 688. The van der Waals surface area contributed by atoms with E-state index in [9.17, 15) is 9.90 Å². The standard InChI is InChI=1S/C16H19N3O2/c20-15(21)16(12-5-6-12,18-13-7-8-13)10-19-14-4-2-1-3-11(14)9-17-19/h1-4,9,12-13,18H,5-8,10H2,(H,20,21). The van der Waals surface area contributed by atoms with E-state index in [1.807, 2.05) is 35.1 Å². The largest absolute Gasteiger partial charge is 0.480 e. The van der Waals surface area contributed by atoms with Gasteiger partial charge in [0.2, 0.25) is 0 Å². The third kappa shape index (κ3) is 2.21. The van der Waals surface area contributed by atoms with Crippen LogP contribution >= 0.6 is 0 Å². The number of carbonyl (C=O) groups is 1. The van der Waals surface area contributed by atoms with Crippen molar-refractivity contribution in [3.8, 4) is 0 Å². The first-order chi connectivity index (χ1) is 10.2. The molecular formula is C16H19N3O2. The normalized spacial score (nSPS) is 21.3. The van der Waals surface area contributed by atoms with E-state index in [1.165, 1.54) is 0 Å². The second-order valence-corrected chi connectivity index (χ2v) is 6.33. The summed E-state index contributed by atoms with van der Waals surface area (Å²) in [7, 11) is 0. The Morgan fingerprint density at radius 3 is 2.76 bits per heavy atom. The van der Waals surface area contributed by atoms with Gasteiger partial charge in [0, 0.05) is 11.4 Å². The minimum absolute atomic E-state index is 0.221. The fourth-order valence-electron chi connectivity index (χ4n) is 3.15. The zero-order valence-corrected chi connectivity index (χ0v) is 11.8. The molecule has 4 rings (SSSR count). The molecule has 0 amide bonds. The number of para-hydroxylation sites is 1. The van der Waals surface area contributed by atoms with Crippen LogP contribution in [0.4, 0.5) is 0 Å². The quantitative estimate of drug-likeness (QED) is 0.852. The highest BCUT2D eigenvalue weighted by Gasteiger charge is 2.53. The van der Waals surface area contributed by atoms with E-state index in [0.717, 1.165) is 36.6 Å². The van der Waals surface area contributed by atoms with Crippen LogP contribution in [0.15, 0.2) is 30.5 Å². The van der Waals surface area contributed by atoms with Gasteiger partial charge in [0.05, 0.1) is 18.3 Å². The molecule has 2 aliphatic rings. The number of carboxylic acid groups (broad SMARTS) is 1. The molecule has 2 saturated carbocycles. The van der Waals surface area contributed by atoms with Crippen LogP contribution in [0.25, 0.3) is 10.9 Å². The molecule has 21 heavy (non-hydrogen) atoms. The van der Waals surface area contributed by atoms with Crippen LogP contribution in [0.5, 0.6) is 0 Å². The molecule has 5 heteroatoms. The lowest BCUT2D eigenvalue weighted by molar-refractivity contribution is -0.147. The van der Waals surface area contributed by atoms with E-state index >= 15 is 0 Å². The van der Waals surface area contributed by atoms with Gasteiger partial charge in [0.25, 0.3) is 0 Å². The van der Waals surface area contributed by atoms with Crippen LogP contribution in [0, 0.1) is 5.92 Å². The molecule has 0 radical (unpaired) electrons. The van der Waals surface area contributed by atoms with E-state index in [-0.39, 0.29) is 5.92 Å². The molecular weight excluding hydrogens is 266 g/mol. The summed E-state index contributed by atoms with van der Waals surface area (Å²) in [5.74, 6) is -0.518. The van der Waals surface area contributed by atoms with Gasteiger partial charge in [-0.3, -0.25) is 14.8 Å². The average molecular weight is 285 g/mol. The van der Waals surface area contributed by atoms with Crippen LogP contribution < -0.4 is 5.32 Å². The lowest BCUT2D eigenvalue weighted by atomic mass is 9.92. The van der Waals surface area contributed by atoms with Crippen molar-refractivity contribution < 1.29 is 9.90 Å². The van der Waals surface area contributed by atoms with Gasteiger partial charge < -0.3 is 5.11 Å². The summed E-state index contributed by atoms with van der Waals surface area (Å²) in [6.45, 7) is 0.400. The van der Waals surface area contributed by atoms with Crippen molar-refractivity contribution >= 4 is 16.9 Å². The zero-order chi connectivity index (χ0) is 14.4. The predicted octanol–water partition coefficient (Wildman–Crippen LogP) is 2.02. The average Bonchev–Trinajstić information content (AvgIpc) is 3.37. The van der Waals surface area contributed by atoms with Crippen molar-refractivity contribution in [2.24, 2.45) is 5.92 Å². The Kier molecular flexibility index (Phi) is 2.79. The monoisotopic (exact) mass is 285 g/mol. The van der Waals surface area contributed by atoms with Crippen molar-refractivity contribution in [1.29, 1.82) is 0 Å². The van der Waals surface area contributed by atoms with E-state index in [2.05, 4.69) is 10.4 Å². The molecule has 1 unspecified atom stereocenters. The van der Waals surface area contributed by atoms with Gasteiger partial charge in [-0.05, 0) is 37.7 Å². The van der Waals surface area contributed by atoms with Gasteiger partial charge in [0.15, 0.2) is 0 Å². The third-order valence-corrected chi connectivity index (χ3v) is 4.65. The first-order valence-electron chi connectivity index (χ1n) is 7.61. The Hall–Kier alpha value is -1.88. The van der Waals surface area contributed by atoms with E-state index in [0.29, 0.717) is 12.6 Å². The maximum Gasteiger partial charge on any atom is 0.326 e. The highest BCUT2D eigenvalue weighted by molar-refractivity contribution is 5.81. The van der Waals surface area contributed by atoms with E-state index in [1.54, 1.807) is 0 Å². The lowest BCUT2D eigenvalue weighted by Crippen LogP contribution is -2.58. The Morgan fingerprint density at radius 2 is 2.10 bits per heavy atom. The summed E-state index contributed by atoms with van der Waals surface area (Å²) < 4.78 is 1.84. The second-order valence-electron chi connectivity index (χ2n) is 6.33. The molecule has 0 saturated heterocycles. The van der Waals surface area contributed by atoms with Crippen LogP contribution in [0.3, 0.4) is 0 Å². The minimum Gasteiger partial charge on any atom is -0.480 e. The summed E-state index contributed by atoms with van der Waals surface area (Å²) in [4.78, 5) is 12.0. The fourth-order valence-corrected chi connectivity index (χ4v) is 3.15. The summed E-state index contributed by atoms with van der Waals surface area (Å²) >= 11 is 0. The van der Waals surface area contributed by atoms with Gasteiger partial charge >= 0.3 is 5.97 Å². The summed E-state index contributed by atoms with van der Waals surface area (Å²) in [5.41, 5.74) is 0.136. The summed E-state index contributed by atoms with van der Waals surface area (Å²) in [5, 5.41) is 18.8. The number of nitrogens with one attached hydrogen (secondary N) is 1. The Morgan fingerprint density at radius 1 is 1.33 bits per heavy atom. The molecule has 1 atom stereocenters. The maximum absolute atomic E-state index is 12.0. The van der Waals surface area contributed by atoms with Crippen molar-refractivity contribution in [3.05, 3.63) is 30.5 Å². The Labute approximate surface area is 122 Å². The number of fused-ring (bicyclic) bond motifs is 1. The number of nitrogens with zero attached hydrogens (tertiary/aromatic N) is 2. The third-order valence-electron chi connectivity index (χ3n) is 4.65. The van der Waals surface area contributed by atoms with Crippen molar-refractivity contribution in [2.75, 3.05) is 0 Å². The molecule has 5 nitrogen and oxygen atoms in total. The topological polar surface area (TPSA) is 67.1 Å². The van der Waals surface area contributed by atoms with Gasteiger partial charge in [-0.2, -0.15) is 5.10 Å². The molecule has 0 spiro atoms. The molecule has 0 aliphatic heterocycles. The smallest absolute Gasteiger partial charge is 0.326 e. The number of aliphatic carboxylic acids is 1. The number of hydrogen-bond donors (Lipinski definition) is 2. The molecule has 1 aromatic carbocycles. The molecule has 2 fully saturated rings. The molecule has 110 valence electrons. The van der Waals surface area contributed by atoms with Gasteiger partial charge in [-0.15, -0.1) is 0 Å². The van der Waals surface area contributed by atoms with E-state index < -0.39 is 11.5 Å². The molecule has 2 aromatic rings. The number of benzene rings is 1. The summed E-state index contributed by atoms with van der Waals surface area (Å²) in [6.07, 6.45) is 5.96. The van der Waals surface area contributed by atoms with Gasteiger partial charge in [0.1, 0.15) is 5.54 Å². The van der Waals surface area contributed by atoms with E-state index in [4.69, 9.17) is 0 Å².